The Morgan fingerprint density at radius 1 is 1.40 bits per heavy atom. The van der Waals surface area contributed by atoms with Gasteiger partial charge >= 0.3 is 0 Å². The average Bonchev–Trinajstić information content (AvgIpc) is 2.69. The minimum Gasteiger partial charge on any atom is -0.253 e. The van der Waals surface area contributed by atoms with Gasteiger partial charge in [-0.15, -0.1) is 0 Å². The SMILES string of the molecule is NS(=O)(=O)c1ccccc1N1CSC=N1. The van der Waals surface area contributed by atoms with Crippen LogP contribution in [0.5, 0.6) is 0 Å². The van der Waals surface area contributed by atoms with Crippen molar-refractivity contribution >= 4 is 33.0 Å². The number of nitrogens with zero attached hydrogens (tertiary/aromatic N) is 2. The molecule has 0 fully saturated rings. The van der Waals surface area contributed by atoms with Gasteiger partial charge in [0.1, 0.15) is 4.90 Å². The molecule has 1 aliphatic heterocycles. The van der Waals surface area contributed by atoms with E-state index >= 15 is 0 Å². The maximum absolute atomic E-state index is 11.3. The van der Waals surface area contributed by atoms with E-state index in [9.17, 15) is 8.42 Å². The molecule has 7 heteroatoms. The third-order valence-electron chi connectivity index (χ3n) is 1.91. The summed E-state index contributed by atoms with van der Waals surface area (Å²) in [4.78, 5) is 0.102. The van der Waals surface area contributed by atoms with E-state index < -0.39 is 10.0 Å². The van der Waals surface area contributed by atoms with Crippen LogP contribution in [0.2, 0.25) is 0 Å². The fraction of sp³-hybridized carbons (Fsp3) is 0.125. The number of benzene rings is 1. The summed E-state index contributed by atoms with van der Waals surface area (Å²) in [6, 6.07) is 6.55. The van der Waals surface area contributed by atoms with Crippen LogP contribution in [0.3, 0.4) is 0 Å². The zero-order valence-electron chi connectivity index (χ0n) is 7.70. The molecule has 1 aromatic carbocycles. The number of para-hydroxylation sites is 1. The maximum atomic E-state index is 11.3. The van der Waals surface area contributed by atoms with Crippen LogP contribution in [-0.2, 0) is 10.0 Å². The third-order valence-corrected chi connectivity index (χ3v) is 3.50. The lowest BCUT2D eigenvalue weighted by Crippen LogP contribution is -2.19. The molecule has 0 atom stereocenters. The van der Waals surface area contributed by atoms with Crippen LogP contribution in [0, 0.1) is 0 Å². The summed E-state index contributed by atoms with van der Waals surface area (Å²) < 4.78 is 22.6. The molecule has 80 valence electrons. The van der Waals surface area contributed by atoms with Crippen molar-refractivity contribution in [2.75, 3.05) is 10.9 Å². The summed E-state index contributed by atoms with van der Waals surface area (Å²) in [5.74, 6) is 0.604. The highest BCUT2D eigenvalue weighted by molar-refractivity contribution is 8.12. The minimum absolute atomic E-state index is 0.102. The van der Waals surface area contributed by atoms with Crippen LogP contribution in [0.1, 0.15) is 0 Å². The third kappa shape index (κ3) is 2.14. The van der Waals surface area contributed by atoms with E-state index in [1.165, 1.54) is 17.8 Å². The van der Waals surface area contributed by atoms with Crippen LogP contribution in [0.4, 0.5) is 5.69 Å². The molecule has 15 heavy (non-hydrogen) atoms. The predicted molar refractivity (Wildman–Crippen MR) is 61.2 cm³/mol. The van der Waals surface area contributed by atoms with Gasteiger partial charge in [0.25, 0.3) is 0 Å². The highest BCUT2D eigenvalue weighted by Gasteiger charge is 2.19. The summed E-state index contributed by atoms with van der Waals surface area (Å²) in [5, 5.41) is 10.7. The maximum Gasteiger partial charge on any atom is 0.240 e. The fourth-order valence-corrected chi connectivity index (χ4v) is 2.60. The quantitative estimate of drug-likeness (QED) is 0.833. The predicted octanol–water partition coefficient (Wildman–Crippen LogP) is 0.788. The average molecular weight is 243 g/mol. The van der Waals surface area contributed by atoms with Crippen LogP contribution >= 0.6 is 11.8 Å². The lowest BCUT2D eigenvalue weighted by molar-refractivity contribution is 0.597. The Morgan fingerprint density at radius 3 is 2.73 bits per heavy atom. The van der Waals surface area contributed by atoms with Gasteiger partial charge in [0.05, 0.1) is 17.1 Å². The molecule has 0 aromatic heterocycles. The smallest absolute Gasteiger partial charge is 0.240 e. The molecule has 1 heterocycles. The first-order valence-corrected chi connectivity index (χ1v) is 6.72. The molecule has 0 unspecified atom stereocenters. The van der Waals surface area contributed by atoms with E-state index in [1.807, 2.05) is 0 Å². The van der Waals surface area contributed by atoms with Gasteiger partial charge in [0.2, 0.25) is 10.0 Å². The molecule has 0 bridgehead atoms. The zero-order chi connectivity index (χ0) is 10.9. The van der Waals surface area contributed by atoms with Gasteiger partial charge in [-0.2, -0.15) is 5.10 Å². The molecule has 2 N–H and O–H groups in total. The molecule has 0 radical (unpaired) electrons. The highest BCUT2D eigenvalue weighted by atomic mass is 32.2. The fourth-order valence-electron chi connectivity index (χ4n) is 1.27. The number of sulfonamides is 1. The first kappa shape index (κ1) is 10.5. The van der Waals surface area contributed by atoms with Crippen molar-refractivity contribution < 1.29 is 8.42 Å². The van der Waals surface area contributed by atoms with Crippen LogP contribution < -0.4 is 10.1 Å². The second kappa shape index (κ2) is 3.84. The molecule has 0 saturated carbocycles. The largest absolute Gasteiger partial charge is 0.253 e. The summed E-state index contributed by atoms with van der Waals surface area (Å²) in [5.41, 5.74) is 2.18. The summed E-state index contributed by atoms with van der Waals surface area (Å²) in [7, 11) is -3.70. The van der Waals surface area contributed by atoms with Gasteiger partial charge in [-0.05, 0) is 12.1 Å². The number of anilines is 1. The van der Waals surface area contributed by atoms with Gasteiger partial charge in [0.15, 0.2) is 0 Å². The van der Waals surface area contributed by atoms with Gasteiger partial charge in [-0.25, -0.2) is 13.6 Å². The van der Waals surface area contributed by atoms with Crippen molar-refractivity contribution in [3.8, 4) is 0 Å². The summed E-state index contributed by atoms with van der Waals surface area (Å²) in [6.07, 6.45) is 0. The molecule has 0 amide bonds. The number of hydrogen-bond acceptors (Lipinski definition) is 5. The first-order valence-electron chi connectivity index (χ1n) is 4.12. The molecule has 0 saturated heterocycles. The lowest BCUT2D eigenvalue weighted by atomic mass is 10.3. The second-order valence-electron chi connectivity index (χ2n) is 2.93. The van der Waals surface area contributed by atoms with E-state index in [0.717, 1.165) is 0 Å². The van der Waals surface area contributed by atoms with Crippen molar-refractivity contribution in [1.82, 2.24) is 0 Å². The van der Waals surface area contributed by atoms with Gasteiger partial charge in [-0.3, -0.25) is 5.01 Å². The molecular formula is C8H9N3O2S2. The molecule has 0 spiro atoms. The Kier molecular flexibility index (Phi) is 2.68. The number of hydrazone groups is 1. The normalized spacial score (nSPS) is 15.9. The van der Waals surface area contributed by atoms with Crippen LogP contribution in [0.15, 0.2) is 34.3 Å². The van der Waals surface area contributed by atoms with Gasteiger partial charge in [-0.1, -0.05) is 23.9 Å². The minimum atomic E-state index is -3.70. The standard InChI is InChI=1S/C8H9N3O2S2/c9-15(12,13)8-4-2-1-3-7(8)11-6-14-5-10-11/h1-5H,6H2,(H2,9,12,13). The monoisotopic (exact) mass is 243 g/mol. The zero-order valence-corrected chi connectivity index (χ0v) is 9.33. The second-order valence-corrected chi connectivity index (χ2v) is 5.26. The Morgan fingerprint density at radius 2 is 2.13 bits per heavy atom. The number of rotatable bonds is 2. The van der Waals surface area contributed by atoms with Crippen molar-refractivity contribution in [3.63, 3.8) is 0 Å². The number of primary sulfonamides is 1. The van der Waals surface area contributed by atoms with Crippen molar-refractivity contribution in [1.29, 1.82) is 0 Å². The molecule has 1 aromatic rings. The Labute approximate surface area is 92.0 Å². The van der Waals surface area contributed by atoms with E-state index in [4.69, 9.17) is 5.14 Å². The van der Waals surface area contributed by atoms with Crippen molar-refractivity contribution in [3.05, 3.63) is 24.3 Å². The van der Waals surface area contributed by atoms with Crippen molar-refractivity contribution in [2.45, 2.75) is 4.90 Å². The number of hydrogen-bond donors (Lipinski definition) is 1. The first-order chi connectivity index (χ1) is 7.09. The van der Waals surface area contributed by atoms with E-state index in [1.54, 1.807) is 28.8 Å². The highest BCUT2D eigenvalue weighted by Crippen LogP contribution is 2.27. The Hall–Kier alpha value is -1.05. The summed E-state index contributed by atoms with van der Waals surface area (Å²) >= 11 is 1.49. The number of thioether (sulfide) groups is 1. The van der Waals surface area contributed by atoms with E-state index in [2.05, 4.69) is 5.10 Å². The Balaban J connectivity index is 2.51. The van der Waals surface area contributed by atoms with Crippen molar-refractivity contribution in [2.24, 2.45) is 10.2 Å². The van der Waals surface area contributed by atoms with Crippen LogP contribution in [0.25, 0.3) is 0 Å². The summed E-state index contributed by atoms with van der Waals surface area (Å²) in [6.45, 7) is 0. The lowest BCUT2D eigenvalue weighted by Gasteiger charge is -2.15. The Bertz CT molecular complexity index is 498. The molecule has 5 nitrogen and oxygen atoms in total. The molecule has 1 aliphatic rings. The van der Waals surface area contributed by atoms with Crippen LogP contribution in [-0.4, -0.2) is 19.8 Å². The topological polar surface area (TPSA) is 75.8 Å². The number of nitrogens with two attached hydrogens (primary N) is 1. The van der Waals surface area contributed by atoms with Gasteiger partial charge in [0, 0.05) is 0 Å². The van der Waals surface area contributed by atoms with E-state index in [0.29, 0.717) is 11.6 Å². The molecule has 2 rings (SSSR count). The molecule has 0 aliphatic carbocycles. The molecular weight excluding hydrogens is 234 g/mol. The van der Waals surface area contributed by atoms with E-state index in [-0.39, 0.29) is 4.90 Å². The van der Waals surface area contributed by atoms with Gasteiger partial charge < -0.3 is 0 Å².